The summed E-state index contributed by atoms with van der Waals surface area (Å²) in [4.78, 5) is 15.5. The first-order valence-electron chi connectivity index (χ1n) is 7.78. The van der Waals surface area contributed by atoms with Crippen LogP contribution in [0.5, 0.6) is 0 Å². The fourth-order valence-electron chi connectivity index (χ4n) is 2.95. The van der Waals surface area contributed by atoms with Gasteiger partial charge in [0, 0.05) is 23.1 Å². The Morgan fingerprint density at radius 1 is 1.21 bits per heavy atom. The van der Waals surface area contributed by atoms with Crippen molar-refractivity contribution in [2.24, 2.45) is 0 Å². The molecule has 0 unspecified atom stereocenters. The van der Waals surface area contributed by atoms with Gasteiger partial charge in [0.15, 0.2) is 5.82 Å². The molecule has 0 aliphatic carbocycles. The zero-order chi connectivity index (χ0) is 17.3. The molecule has 5 heteroatoms. The summed E-state index contributed by atoms with van der Waals surface area (Å²) in [5.74, 6) is -1.14. The molecule has 0 saturated heterocycles. The maximum Gasteiger partial charge on any atom is 0.254 e. The maximum atomic E-state index is 13.9. The molecule has 0 fully saturated rings. The van der Waals surface area contributed by atoms with Crippen molar-refractivity contribution in [1.82, 2.24) is 10.3 Å². The number of aromatic amines is 1. The standard InChI is InChI=1S/C19H18ClFN2O/c1-11-5-3-6-14-13(12(2)23-18(11)14)9-10-22-19(24)15-7-4-8-16(20)17(15)21/h3-8,23H,9-10H2,1-2H3,(H,22,24). The van der Waals surface area contributed by atoms with Gasteiger partial charge in [0.2, 0.25) is 0 Å². The average Bonchev–Trinajstić information content (AvgIpc) is 2.87. The van der Waals surface area contributed by atoms with Crippen LogP contribution in [0.15, 0.2) is 36.4 Å². The largest absolute Gasteiger partial charge is 0.358 e. The number of aryl methyl sites for hydroxylation is 2. The first-order chi connectivity index (χ1) is 11.5. The quantitative estimate of drug-likeness (QED) is 0.716. The molecule has 24 heavy (non-hydrogen) atoms. The first-order valence-corrected chi connectivity index (χ1v) is 8.16. The van der Waals surface area contributed by atoms with Gasteiger partial charge in [-0.15, -0.1) is 0 Å². The van der Waals surface area contributed by atoms with Crippen LogP contribution in [0, 0.1) is 19.7 Å². The fraction of sp³-hybridized carbons (Fsp3) is 0.211. The summed E-state index contributed by atoms with van der Waals surface area (Å²) in [7, 11) is 0. The van der Waals surface area contributed by atoms with Gasteiger partial charge in [-0.25, -0.2) is 4.39 Å². The summed E-state index contributed by atoms with van der Waals surface area (Å²) >= 11 is 5.71. The van der Waals surface area contributed by atoms with Crippen molar-refractivity contribution in [3.8, 4) is 0 Å². The van der Waals surface area contributed by atoms with E-state index >= 15 is 0 Å². The molecular weight excluding hydrogens is 327 g/mol. The zero-order valence-corrected chi connectivity index (χ0v) is 14.3. The molecule has 1 heterocycles. The second-order valence-corrected chi connectivity index (χ2v) is 6.24. The molecular formula is C19H18ClFN2O. The molecule has 2 N–H and O–H groups in total. The predicted molar refractivity (Wildman–Crippen MR) is 95.2 cm³/mol. The average molecular weight is 345 g/mol. The predicted octanol–water partition coefficient (Wildman–Crippen LogP) is 4.55. The molecule has 3 aromatic rings. The van der Waals surface area contributed by atoms with Crippen molar-refractivity contribution < 1.29 is 9.18 Å². The normalized spacial score (nSPS) is 11.0. The number of aromatic nitrogens is 1. The molecule has 0 spiro atoms. The molecule has 3 nitrogen and oxygen atoms in total. The van der Waals surface area contributed by atoms with Gasteiger partial charge in [0.05, 0.1) is 10.6 Å². The number of nitrogens with one attached hydrogen (secondary N) is 2. The van der Waals surface area contributed by atoms with Crippen LogP contribution < -0.4 is 5.32 Å². The Hall–Kier alpha value is -2.33. The molecule has 1 aromatic heterocycles. The number of carbonyl (C=O) groups excluding carboxylic acids is 1. The lowest BCUT2D eigenvalue weighted by molar-refractivity contribution is 0.0950. The molecule has 0 bridgehead atoms. The SMILES string of the molecule is Cc1[nH]c2c(C)cccc2c1CCNC(=O)c1cccc(Cl)c1F. The molecule has 124 valence electrons. The van der Waals surface area contributed by atoms with E-state index < -0.39 is 11.7 Å². The maximum absolute atomic E-state index is 13.9. The summed E-state index contributed by atoms with van der Waals surface area (Å²) in [6.45, 7) is 4.51. The van der Waals surface area contributed by atoms with Gasteiger partial charge in [-0.05, 0) is 43.5 Å². The van der Waals surface area contributed by atoms with Crippen molar-refractivity contribution in [2.75, 3.05) is 6.54 Å². The van der Waals surface area contributed by atoms with E-state index in [1.54, 1.807) is 6.07 Å². The number of para-hydroxylation sites is 1. The Bertz CT molecular complexity index is 917. The highest BCUT2D eigenvalue weighted by molar-refractivity contribution is 6.31. The third-order valence-corrected chi connectivity index (χ3v) is 4.51. The van der Waals surface area contributed by atoms with Crippen LogP contribution in [0.2, 0.25) is 5.02 Å². The topological polar surface area (TPSA) is 44.9 Å². The highest BCUT2D eigenvalue weighted by Crippen LogP contribution is 2.25. The van der Waals surface area contributed by atoms with Crippen molar-refractivity contribution >= 4 is 28.4 Å². The van der Waals surface area contributed by atoms with Crippen LogP contribution in [0.3, 0.4) is 0 Å². The lowest BCUT2D eigenvalue weighted by Gasteiger charge is -2.07. The Morgan fingerprint density at radius 3 is 2.75 bits per heavy atom. The van der Waals surface area contributed by atoms with Gasteiger partial charge in [-0.2, -0.15) is 0 Å². The minimum atomic E-state index is -0.685. The van der Waals surface area contributed by atoms with Crippen molar-refractivity contribution in [2.45, 2.75) is 20.3 Å². The van der Waals surface area contributed by atoms with Crippen LogP contribution in [-0.2, 0) is 6.42 Å². The molecule has 1 amide bonds. The van der Waals surface area contributed by atoms with E-state index in [2.05, 4.69) is 29.4 Å². The van der Waals surface area contributed by atoms with Crippen LogP contribution >= 0.6 is 11.6 Å². The summed E-state index contributed by atoms with van der Waals surface area (Å²) in [5.41, 5.74) is 4.53. The molecule has 2 aromatic carbocycles. The molecule has 0 aliphatic rings. The fourth-order valence-corrected chi connectivity index (χ4v) is 3.12. The highest BCUT2D eigenvalue weighted by Gasteiger charge is 2.14. The third-order valence-electron chi connectivity index (χ3n) is 4.22. The Morgan fingerprint density at radius 2 is 1.96 bits per heavy atom. The van der Waals surface area contributed by atoms with Gasteiger partial charge in [0.1, 0.15) is 0 Å². The number of amides is 1. The van der Waals surface area contributed by atoms with Gasteiger partial charge < -0.3 is 10.3 Å². The first kappa shape index (κ1) is 16.5. The van der Waals surface area contributed by atoms with Crippen LogP contribution in [-0.4, -0.2) is 17.4 Å². The number of carbonyl (C=O) groups is 1. The second-order valence-electron chi connectivity index (χ2n) is 5.83. The minimum absolute atomic E-state index is 0.0333. The lowest BCUT2D eigenvalue weighted by atomic mass is 10.1. The van der Waals surface area contributed by atoms with E-state index in [1.807, 2.05) is 13.0 Å². The number of hydrogen-bond donors (Lipinski definition) is 2. The number of benzene rings is 2. The van der Waals surface area contributed by atoms with Gasteiger partial charge >= 0.3 is 0 Å². The van der Waals surface area contributed by atoms with Crippen molar-refractivity contribution in [3.63, 3.8) is 0 Å². The van der Waals surface area contributed by atoms with Gasteiger partial charge in [-0.1, -0.05) is 35.9 Å². The van der Waals surface area contributed by atoms with Crippen molar-refractivity contribution in [3.05, 3.63) is 69.6 Å². The highest BCUT2D eigenvalue weighted by atomic mass is 35.5. The monoisotopic (exact) mass is 344 g/mol. The number of rotatable bonds is 4. The van der Waals surface area contributed by atoms with E-state index in [0.29, 0.717) is 13.0 Å². The van der Waals surface area contributed by atoms with Crippen LogP contribution in [0.1, 0.15) is 27.2 Å². The van der Waals surface area contributed by atoms with Crippen molar-refractivity contribution in [1.29, 1.82) is 0 Å². The number of halogens is 2. The molecule has 0 saturated carbocycles. The Kier molecular flexibility index (Phi) is 4.58. The van der Waals surface area contributed by atoms with Gasteiger partial charge in [0.25, 0.3) is 5.91 Å². The summed E-state index contributed by atoms with van der Waals surface area (Å²) < 4.78 is 13.9. The number of fused-ring (bicyclic) bond motifs is 1. The summed E-state index contributed by atoms with van der Waals surface area (Å²) in [6, 6.07) is 10.6. The van der Waals surface area contributed by atoms with E-state index in [0.717, 1.165) is 16.6 Å². The molecule has 0 atom stereocenters. The van der Waals surface area contributed by atoms with Crippen LogP contribution in [0.25, 0.3) is 10.9 Å². The molecule has 0 radical (unpaired) electrons. The lowest BCUT2D eigenvalue weighted by Crippen LogP contribution is -2.26. The van der Waals surface area contributed by atoms with E-state index in [4.69, 9.17) is 11.6 Å². The Labute approximate surface area is 144 Å². The molecule has 3 rings (SSSR count). The second kappa shape index (κ2) is 6.65. The third kappa shape index (κ3) is 3.02. The smallest absolute Gasteiger partial charge is 0.254 e. The van der Waals surface area contributed by atoms with E-state index in [1.165, 1.54) is 23.3 Å². The summed E-state index contributed by atoms with van der Waals surface area (Å²) in [5, 5.41) is 3.87. The Balaban J connectivity index is 1.73. The summed E-state index contributed by atoms with van der Waals surface area (Å²) in [6.07, 6.45) is 0.670. The molecule has 0 aliphatic heterocycles. The number of H-pyrrole nitrogens is 1. The van der Waals surface area contributed by atoms with E-state index in [-0.39, 0.29) is 10.6 Å². The number of hydrogen-bond acceptors (Lipinski definition) is 1. The zero-order valence-electron chi connectivity index (χ0n) is 13.5. The van der Waals surface area contributed by atoms with Crippen LogP contribution in [0.4, 0.5) is 4.39 Å². The minimum Gasteiger partial charge on any atom is -0.358 e. The van der Waals surface area contributed by atoms with E-state index in [9.17, 15) is 9.18 Å². The van der Waals surface area contributed by atoms with Gasteiger partial charge in [-0.3, -0.25) is 4.79 Å².